The van der Waals surface area contributed by atoms with Gasteiger partial charge in [-0.25, -0.2) is 4.79 Å². The maximum atomic E-state index is 10.3. The lowest BCUT2D eigenvalue weighted by molar-refractivity contribution is -0.385. The summed E-state index contributed by atoms with van der Waals surface area (Å²) >= 11 is 0. The molecule has 0 aliphatic rings. The Morgan fingerprint density at radius 3 is 2.92 bits per heavy atom. The van der Waals surface area contributed by atoms with Crippen molar-refractivity contribution in [2.45, 2.75) is 0 Å². The summed E-state index contributed by atoms with van der Waals surface area (Å²) in [6.45, 7) is 0. The largest absolute Gasteiger partial charge is 0.411 e. The highest BCUT2D eigenvalue weighted by Gasteiger charge is 2.21. The molecule has 13 heavy (non-hydrogen) atoms. The number of carbonyl (C=O) groups is 1. The van der Waals surface area contributed by atoms with Gasteiger partial charge in [-0.2, -0.15) is 0 Å². The number of nitrogens with two attached hydrogens (primary N) is 1. The van der Waals surface area contributed by atoms with Crippen LogP contribution >= 0.6 is 0 Å². The van der Waals surface area contributed by atoms with Crippen LogP contribution in [0.4, 0.5) is 10.5 Å². The van der Waals surface area contributed by atoms with Crippen molar-refractivity contribution < 1.29 is 14.5 Å². The van der Waals surface area contributed by atoms with Crippen molar-refractivity contribution in [3.63, 3.8) is 0 Å². The Balaban J connectivity index is 3.04. The monoisotopic (exact) mass is 186 g/mol. The molecule has 0 bridgehead atoms. The number of primary amides is 1. The second kappa shape index (κ2) is 3.09. The van der Waals surface area contributed by atoms with E-state index in [-0.39, 0.29) is 0 Å². The van der Waals surface area contributed by atoms with E-state index >= 15 is 0 Å². The molecule has 70 valence electrons. The SMILES string of the molecule is Cn1cc([N+](=O)[O-])c(OC(N)=O)n1. The minimum Gasteiger partial charge on any atom is -0.383 e. The minimum atomic E-state index is -1.14. The van der Waals surface area contributed by atoms with Gasteiger partial charge >= 0.3 is 17.7 Å². The smallest absolute Gasteiger partial charge is 0.383 e. The first-order valence-corrected chi connectivity index (χ1v) is 3.16. The first-order valence-electron chi connectivity index (χ1n) is 3.16. The van der Waals surface area contributed by atoms with Crippen molar-refractivity contribution in [1.29, 1.82) is 0 Å². The summed E-state index contributed by atoms with van der Waals surface area (Å²) in [4.78, 5) is 19.9. The van der Waals surface area contributed by atoms with Crippen molar-refractivity contribution in [2.24, 2.45) is 12.8 Å². The van der Waals surface area contributed by atoms with E-state index in [0.717, 1.165) is 10.9 Å². The van der Waals surface area contributed by atoms with Gasteiger partial charge in [-0.3, -0.25) is 14.8 Å². The van der Waals surface area contributed by atoms with Crippen LogP contribution in [-0.2, 0) is 7.05 Å². The van der Waals surface area contributed by atoms with Gasteiger partial charge in [0.1, 0.15) is 6.20 Å². The summed E-state index contributed by atoms with van der Waals surface area (Å²) in [5, 5.41) is 13.9. The quantitative estimate of drug-likeness (QED) is 0.506. The Kier molecular flexibility index (Phi) is 2.13. The molecule has 0 saturated heterocycles. The Hall–Kier alpha value is -2.12. The van der Waals surface area contributed by atoms with Gasteiger partial charge in [-0.15, -0.1) is 5.10 Å². The van der Waals surface area contributed by atoms with Crippen LogP contribution < -0.4 is 10.5 Å². The van der Waals surface area contributed by atoms with E-state index in [1.807, 2.05) is 0 Å². The third-order valence-corrected chi connectivity index (χ3v) is 1.17. The fourth-order valence-electron chi connectivity index (χ4n) is 0.749. The predicted octanol–water partition coefficient (Wildman–Crippen LogP) is -0.214. The van der Waals surface area contributed by atoms with Crippen LogP contribution in [0, 0.1) is 10.1 Å². The molecule has 0 saturated carbocycles. The van der Waals surface area contributed by atoms with Gasteiger partial charge in [-0.1, -0.05) is 0 Å². The van der Waals surface area contributed by atoms with Crippen LogP contribution in [0.25, 0.3) is 0 Å². The molecular formula is C5H6N4O4. The van der Waals surface area contributed by atoms with E-state index in [4.69, 9.17) is 0 Å². The van der Waals surface area contributed by atoms with Crippen LogP contribution in [0.1, 0.15) is 0 Å². The number of carbonyl (C=O) groups excluding carboxylic acids is 1. The molecular weight excluding hydrogens is 180 g/mol. The molecule has 2 N–H and O–H groups in total. The zero-order chi connectivity index (χ0) is 10.0. The van der Waals surface area contributed by atoms with Gasteiger partial charge in [0.25, 0.3) is 0 Å². The number of aromatic nitrogens is 2. The number of amides is 1. The Labute approximate surface area is 72.0 Å². The minimum absolute atomic E-state index is 0.402. The highest BCUT2D eigenvalue weighted by atomic mass is 16.6. The van der Waals surface area contributed by atoms with E-state index in [2.05, 4.69) is 15.6 Å². The topological polar surface area (TPSA) is 113 Å². The highest BCUT2D eigenvalue weighted by molar-refractivity contribution is 5.68. The van der Waals surface area contributed by atoms with Crippen LogP contribution in [0.2, 0.25) is 0 Å². The molecule has 0 aliphatic carbocycles. The van der Waals surface area contributed by atoms with Crippen molar-refractivity contribution in [3.8, 4) is 5.88 Å². The van der Waals surface area contributed by atoms with Crippen molar-refractivity contribution in [1.82, 2.24) is 9.78 Å². The summed E-state index contributed by atoms with van der Waals surface area (Å²) in [6.07, 6.45) is -0.0278. The zero-order valence-corrected chi connectivity index (χ0v) is 6.63. The van der Waals surface area contributed by atoms with Gasteiger partial charge in [0.15, 0.2) is 0 Å². The van der Waals surface area contributed by atoms with Gasteiger partial charge in [0, 0.05) is 7.05 Å². The summed E-state index contributed by atoms with van der Waals surface area (Å²) < 4.78 is 5.44. The van der Waals surface area contributed by atoms with Crippen LogP contribution in [0.15, 0.2) is 6.20 Å². The second-order valence-electron chi connectivity index (χ2n) is 2.17. The second-order valence-corrected chi connectivity index (χ2v) is 2.17. The van der Waals surface area contributed by atoms with Crippen LogP contribution in [0.3, 0.4) is 0 Å². The number of ether oxygens (including phenoxy) is 1. The Bertz CT molecular complexity index is 357. The molecule has 8 heteroatoms. The molecule has 0 aliphatic heterocycles. The average Bonchev–Trinajstić information content (AvgIpc) is 2.29. The van der Waals surface area contributed by atoms with Crippen molar-refractivity contribution in [2.75, 3.05) is 0 Å². The zero-order valence-electron chi connectivity index (χ0n) is 6.63. The van der Waals surface area contributed by atoms with Gasteiger partial charge in [0.2, 0.25) is 0 Å². The average molecular weight is 186 g/mol. The fourth-order valence-corrected chi connectivity index (χ4v) is 0.749. The number of hydrogen-bond acceptors (Lipinski definition) is 5. The molecule has 1 aromatic rings. The molecule has 0 unspecified atom stereocenters. The summed E-state index contributed by atoms with van der Waals surface area (Å²) in [5.74, 6) is -0.403. The molecule has 0 radical (unpaired) electrons. The van der Waals surface area contributed by atoms with Crippen molar-refractivity contribution >= 4 is 11.8 Å². The van der Waals surface area contributed by atoms with Crippen LogP contribution in [0.5, 0.6) is 5.88 Å². The van der Waals surface area contributed by atoms with E-state index in [9.17, 15) is 14.9 Å². The highest BCUT2D eigenvalue weighted by Crippen LogP contribution is 2.23. The van der Waals surface area contributed by atoms with E-state index in [0.29, 0.717) is 0 Å². The first kappa shape index (κ1) is 8.97. The van der Waals surface area contributed by atoms with E-state index < -0.39 is 22.6 Å². The van der Waals surface area contributed by atoms with Gasteiger partial charge in [0.05, 0.1) is 4.92 Å². The third kappa shape index (κ3) is 1.92. The summed E-state index contributed by atoms with van der Waals surface area (Å²) in [6, 6.07) is 0. The summed E-state index contributed by atoms with van der Waals surface area (Å²) in [5.41, 5.74) is 4.27. The fraction of sp³-hybridized carbons (Fsp3) is 0.200. The molecule has 8 nitrogen and oxygen atoms in total. The molecule has 1 heterocycles. The third-order valence-electron chi connectivity index (χ3n) is 1.17. The number of nitrogens with zero attached hydrogens (tertiary/aromatic N) is 3. The molecule has 0 aromatic carbocycles. The molecule has 0 atom stereocenters. The standard InChI is InChI=1S/C5H6N4O4/c1-8-2-3(9(11)12)4(7-8)13-5(6)10/h2H,1H3,(H2,6,10). The maximum absolute atomic E-state index is 10.3. The van der Waals surface area contributed by atoms with Gasteiger partial charge in [-0.05, 0) is 0 Å². The predicted molar refractivity (Wildman–Crippen MR) is 40.1 cm³/mol. The number of aryl methyl sites for hydroxylation is 1. The summed E-state index contributed by atoms with van der Waals surface area (Å²) in [7, 11) is 1.46. The molecule has 1 amide bonds. The van der Waals surface area contributed by atoms with Crippen LogP contribution in [-0.4, -0.2) is 20.8 Å². The first-order chi connectivity index (χ1) is 6.00. The lowest BCUT2D eigenvalue weighted by atomic mass is 10.6. The number of nitro groups is 1. The lowest BCUT2D eigenvalue weighted by Crippen LogP contribution is -2.17. The number of hydrogen-bond donors (Lipinski definition) is 1. The molecule has 1 aromatic heterocycles. The normalized spacial score (nSPS) is 9.62. The molecule has 1 rings (SSSR count). The van der Waals surface area contributed by atoms with E-state index in [1.165, 1.54) is 7.05 Å². The van der Waals surface area contributed by atoms with Crippen molar-refractivity contribution in [3.05, 3.63) is 16.3 Å². The molecule has 0 spiro atoms. The van der Waals surface area contributed by atoms with Gasteiger partial charge < -0.3 is 10.5 Å². The molecule has 0 fully saturated rings. The lowest BCUT2D eigenvalue weighted by Gasteiger charge is -1.92. The number of rotatable bonds is 2. The maximum Gasteiger partial charge on any atom is 0.411 e. The Morgan fingerprint density at radius 2 is 2.46 bits per heavy atom. The van der Waals surface area contributed by atoms with E-state index in [1.54, 1.807) is 0 Å². The Morgan fingerprint density at radius 1 is 1.85 bits per heavy atom.